The zero-order valence-corrected chi connectivity index (χ0v) is 13.3. The minimum absolute atomic E-state index is 0.170. The number of hydrogen-bond acceptors (Lipinski definition) is 5. The van der Waals surface area contributed by atoms with Crippen LogP contribution in [0.25, 0.3) is 17.7 Å². The topological polar surface area (TPSA) is 97.3 Å². The van der Waals surface area contributed by atoms with Gasteiger partial charge >= 0.3 is 6.03 Å². The number of ketones is 1. The monoisotopic (exact) mass is 345 g/mol. The number of thiazole rings is 1. The lowest BCUT2D eigenvalue weighted by Gasteiger charge is -2.12. The average Bonchev–Trinajstić information content (AvgIpc) is 2.77. The first-order chi connectivity index (χ1) is 11.0. The van der Waals surface area contributed by atoms with Crippen LogP contribution in [-0.4, -0.2) is 21.6 Å². The Labute approximate surface area is 140 Å². The predicted molar refractivity (Wildman–Crippen MR) is 92.1 cm³/mol. The zero-order chi connectivity index (χ0) is 16.6. The number of benzene rings is 1. The molecule has 4 N–H and O–H groups in total. The summed E-state index contributed by atoms with van der Waals surface area (Å²) >= 11 is 6.13. The third-order valence-electron chi connectivity index (χ3n) is 3.24. The fourth-order valence-electron chi connectivity index (χ4n) is 2.24. The van der Waals surface area contributed by atoms with Gasteiger partial charge in [-0.15, -0.1) is 0 Å². The van der Waals surface area contributed by atoms with Crippen LogP contribution in [0.2, 0.25) is 0 Å². The SMILES string of the molecule is NC(=O)Nn1c(O)c(C=C2C(=O)C=Cc3ccccc32)sc1=S. The highest BCUT2D eigenvalue weighted by Gasteiger charge is 2.19. The molecule has 1 aliphatic carbocycles. The van der Waals surface area contributed by atoms with Crippen LogP contribution in [0.3, 0.4) is 0 Å². The van der Waals surface area contributed by atoms with E-state index in [1.807, 2.05) is 24.3 Å². The van der Waals surface area contributed by atoms with E-state index in [9.17, 15) is 14.7 Å². The maximum Gasteiger partial charge on any atom is 0.331 e. The fourth-order valence-corrected chi connectivity index (χ4v) is 3.41. The van der Waals surface area contributed by atoms with Crippen molar-refractivity contribution >= 4 is 53.1 Å². The molecule has 0 radical (unpaired) electrons. The molecule has 3 rings (SSSR count). The van der Waals surface area contributed by atoms with Gasteiger partial charge in [0.1, 0.15) is 0 Å². The van der Waals surface area contributed by atoms with Crippen molar-refractivity contribution in [2.24, 2.45) is 5.73 Å². The third kappa shape index (κ3) is 2.81. The molecule has 23 heavy (non-hydrogen) atoms. The van der Waals surface area contributed by atoms with Gasteiger partial charge in [0, 0.05) is 5.57 Å². The highest BCUT2D eigenvalue weighted by Crippen LogP contribution is 2.33. The molecule has 0 saturated heterocycles. The molecule has 6 nitrogen and oxygen atoms in total. The molecule has 0 aliphatic heterocycles. The van der Waals surface area contributed by atoms with Crippen molar-refractivity contribution in [2.75, 3.05) is 5.43 Å². The summed E-state index contributed by atoms with van der Waals surface area (Å²) in [4.78, 5) is 23.5. The Hall–Kier alpha value is -2.71. The van der Waals surface area contributed by atoms with E-state index in [-0.39, 0.29) is 15.6 Å². The van der Waals surface area contributed by atoms with Crippen LogP contribution in [0.4, 0.5) is 4.79 Å². The van der Waals surface area contributed by atoms with Gasteiger partial charge in [0.05, 0.1) is 4.88 Å². The molecule has 0 atom stereocenters. The molecule has 2 aromatic rings. The van der Waals surface area contributed by atoms with Gasteiger partial charge < -0.3 is 10.8 Å². The van der Waals surface area contributed by atoms with Gasteiger partial charge in [0.2, 0.25) is 5.88 Å². The first-order valence-corrected chi connectivity index (χ1v) is 7.74. The number of carbonyl (C=O) groups excluding carboxylic acids is 2. The molecular formula is C15H11N3O3S2. The Bertz CT molecular complexity index is 938. The minimum Gasteiger partial charge on any atom is -0.492 e. The van der Waals surface area contributed by atoms with Gasteiger partial charge in [-0.3, -0.25) is 4.79 Å². The van der Waals surface area contributed by atoms with Gasteiger partial charge in [-0.1, -0.05) is 41.7 Å². The van der Waals surface area contributed by atoms with Crippen LogP contribution in [0.1, 0.15) is 16.0 Å². The van der Waals surface area contributed by atoms with Gasteiger partial charge in [-0.25, -0.2) is 10.2 Å². The molecule has 116 valence electrons. The first kappa shape index (κ1) is 15.2. The van der Waals surface area contributed by atoms with Crippen molar-refractivity contribution in [3.63, 3.8) is 0 Å². The molecule has 2 amide bonds. The Morgan fingerprint density at radius 3 is 2.83 bits per heavy atom. The first-order valence-electron chi connectivity index (χ1n) is 6.52. The molecule has 0 fully saturated rings. The molecule has 1 heterocycles. The quantitative estimate of drug-likeness (QED) is 0.576. The maximum absolute atomic E-state index is 12.2. The highest BCUT2D eigenvalue weighted by molar-refractivity contribution is 7.73. The summed E-state index contributed by atoms with van der Waals surface area (Å²) in [6, 6.07) is 6.59. The minimum atomic E-state index is -0.851. The lowest BCUT2D eigenvalue weighted by molar-refractivity contribution is -0.109. The summed E-state index contributed by atoms with van der Waals surface area (Å²) in [5.41, 5.74) is 9.38. The molecular weight excluding hydrogens is 334 g/mol. The molecule has 8 heteroatoms. The average molecular weight is 345 g/mol. The number of urea groups is 1. The second kappa shape index (κ2) is 5.82. The number of aromatic nitrogens is 1. The van der Waals surface area contributed by atoms with Gasteiger partial charge in [0.25, 0.3) is 0 Å². The van der Waals surface area contributed by atoms with Crippen LogP contribution in [-0.2, 0) is 4.79 Å². The molecule has 1 aliphatic rings. The lowest BCUT2D eigenvalue weighted by atomic mass is 9.91. The van der Waals surface area contributed by atoms with Crippen molar-refractivity contribution in [1.82, 2.24) is 4.68 Å². The van der Waals surface area contributed by atoms with Crippen LogP contribution < -0.4 is 11.2 Å². The smallest absolute Gasteiger partial charge is 0.331 e. The number of hydrogen-bond donors (Lipinski definition) is 3. The number of rotatable bonds is 2. The molecule has 0 saturated carbocycles. The number of nitrogens with one attached hydrogen (secondary N) is 1. The van der Waals surface area contributed by atoms with Gasteiger partial charge in [0.15, 0.2) is 9.74 Å². The van der Waals surface area contributed by atoms with Crippen LogP contribution in [0.15, 0.2) is 30.3 Å². The van der Waals surface area contributed by atoms with Crippen LogP contribution in [0, 0.1) is 3.95 Å². The standard InChI is InChI=1S/C15H11N3O3S2/c16-14(21)17-18-13(20)12(23-15(18)22)7-10-9-4-2-1-3-8(9)5-6-11(10)19/h1-7,20H,(H3,16,17,21). The van der Waals surface area contributed by atoms with E-state index in [0.717, 1.165) is 27.1 Å². The van der Waals surface area contributed by atoms with Crippen LogP contribution in [0.5, 0.6) is 5.88 Å². The summed E-state index contributed by atoms with van der Waals surface area (Å²) in [6.45, 7) is 0. The Morgan fingerprint density at radius 2 is 2.09 bits per heavy atom. The van der Waals surface area contributed by atoms with Crippen molar-refractivity contribution in [2.45, 2.75) is 0 Å². The number of fused-ring (bicyclic) bond motifs is 1. The van der Waals surface area contributed by atoms with Crippen molar-refractivity contribution in [3.05, 3.63) is 50.3 Å². The second-order valence-corrected chi connectivity index (χ2v) is 6.39. The lowest BCUT2D eigenvalue weighted by Crippen LogP contribution is -2.27. The number of aromatic hydroxyl groups is 1. The maximum atomic E-state index is 12.2. The van der Waals surface area contributed by atoms with Crippen molar-refractivity contribution in [1.29, 1.82) is 0 Å². The zero-order valence-electron chi connectivity index (χ0n) is 11.6. The number of primary amides is 1. The summed E-state index contributed by atoms with van der Waals surface area (Å²) in [6.07, 6.45) is 4.78. The summed E-state index contributed by atoms with van der Waals surface area (Å²) in [7, 11) is 0. The summed E-state index contributed by atoms with van der Waals surface area (Å²) in [5, 5.41) is 10.2. The Balaban J connectivity index is 2.12. The largest absolute Gasteiger partial charge is 0.492 e. The number of amides is 2. The number of nitrogens with two attached hydrogens (primary N) is 1. The van der Waals surface area contributed by atoms with E-state index in [1.165, 1.54) is 6.08 Å². The van der Waals surface area contributed by atoms with E-state index in [4.69, 9.17) is 18.0 Å². The van der Waals surface area contributed by atoms with E-state index < -0.39 is 6.03 Å². The van der Waals surface area contributed by atoms with E-state index >= 15 is 0 Å². The summed E-state index contributed by atoms with van der Waals surface area (Å²) in [5.74, 6) is -0.442. The third-order valence-corrected chi connectivity index (χ3v) is 4.55. The summed E-state index contributed by atoms with van der Waals surface area (Å²) < 4.78 is 1.21. The number of nitrogens with zero attached hydrogens (tertiary/aromatic N) is 1. The van der Waals surface area contributed by atoms with E-state index in [1.54, 1.807) is 12.2 Å². The normalized spacial score (nSPS) is 14.8. The molecule has 0 bridgehead atoms. The molecule has 1 aromatic heterocycles. The van der Waals surface area contributed by atoms with Crippen LogP contribution >= 0.6 is 23.6 Å². The Morgan fingerprint density at radius 1 is 1.35 bits per heavy atom. The van der Waals surface area contributed by atoms with Crippen molar-refractivity contribution < 1.29 is 14.7 Å². The predicted octanol–water partition coefficient (Wildman–Crippen LogP) is 2.74. The Kier molecular flexibility index (Phi) is 3.85. The molecule has 0 spiro atoms. The van der Waals surface area contributed by atoms with Crippen molar-refractivity contribution in [3.8, 4) is 5.88 Å². The van der Waals surface area contributed by atoms with Gasteiger partial charge in [-0.2, -0.15) is 4.68 Å². The van der Waals surface area contributed by atoms with Gasteiger partial charge in [-0.05, 0) is 35.5 Å². The number of allylic oxidation sites excluding steroid dienone is 2. The van der Waals surface area contributed by atoms with E-state index in [0.29, 0.717) is 10.5 Å². The molecule has 0 unspecified atom stereocenters. The molecule has 1 aromatic carbocycles. The fraction of sp³-hybridized carbons (Fsp3) is 0. The number of carbonyl (C=O) groups is 2. The van der Waals surface area contributed by atoms with E-state index in [2.05, 4.69) is 5.43 Å². The highest BCUT2D eigenvalue weighted by atomic mass is 32.1. The second-order valence-electron chi connectivity index (χ2n) is 4.71.